The molecule has 2 aliphatic carbocycles. The third-order valence-electron chi connectivity index (χ3n) is 9.04. The van der Waals surface area contributed by atoms with Gasteiger partial charge in [0.25, 0.3) is 0 Å². The maximum absolute atomic E-state index is 13.4. The number of phenolic OH excluding ortho intramolecular Hbond substituents is 1. The van der Waals surface area contributed by atoms with Gasteiger partial charge in [0.2, 0.25) is 5.91 Å². The molecule has 2 fully saturated rings. The van der Waals surface area contributed by atoms with Gasteiger partial charge < -0.3 is 29.5 Å². The number of piperidine rings is 1. The molecule has 7 nitrogen and oxygen atoms in total. The molecule has 2 N–H and O–H groups in total. The molecule has 2 aromatic carbocycles. The van der Waals surface area contributed by atoms with Crippen LogP contribution in [0.5, 0.6) is 17.2 Å². The Labute approximate surface area is 218 Å². The van der Waals surface area contributed by atoms with Gasteiger partial charge in [-0.3, -0.25) is 4.79 Å². The monoisotopic (exact) mass is 530 g/mol. The van der Waals surface area contributed by atoms with Gasteiger partial charge in [0.1, 0.15) is 17.5 Å². The van der Waals surface area contributed by atoms with Crippen molar-refractivity contribution < 1.29 is 37.7 Å². The minimum atomic E-state index is -4.81. The van der Waals surface area contributed by atoms with E-state index >= 15 is 0 Å². The molecule has 10 heteroatoms. The highest BCUT2D eigenvalue weighted by Gasteiger charge is 2.74. The number of phenols is 1. The molecule has 2 bridgehead atoms. The van der Waals surface area contributed by atoms with Crippen molar-refractivity contribution in [3.05, 3.63) is 59.2 Å². The Morgan fingerprint density at radius 2 is 2.05 bits per heavy atom. The number of benzene rings is 2. The molecule has 4 aliphatic rings. The molecule has 5 atom stereocenters. The molecule has 202 valence electrons. The van der Waals surface area contributed by atoms with Crippen LogP contribution in [0.2, 0.25) is 0 Å². The van der Waals surface area contributed by atoms with E-state index in [4.69, 9.17) is 4.74 Å². The smallest absolute Gasteiger partial charge is 0.504 e. The number of hydrogen-bond acceptors (Lipinski definition) is 6. The molecule has 6 rings (SSSR count). The summed E-state index contributed by atoms with van der Waals surface area (Å²) in [6, 6.07) is 8.15. The number of amides is 1. The first-order valence-electron chi connectivity index (χ1n) is 12.7. The first-order chi connectivity index (χ1) is 18.0. The van der Waals surface area contributed by atoms with Crippen molar-refractivity contribution in [2.24, 2.45) is 0 Å². The van der Waals surface area contributed by atoms with Crippen LogP contribution in [0.15, 0.2) is 42.5 Å². The zero-order chi connectivity index (χ0) is 27.0. The summed E-state index contributed by atoms with van der Waals surface area (Å²) in [5.74, 6) is -0.233. The Kier molecular flexibility index (Phi) is 5.53. The molecule has 1 saturated carbocycles. The molecule has 0 aromatic heterocycles. The Balaban J connectivity index is 1.33. The summed E-state index contributed by atoms with van der Waals surface area (Å²) >= 11 is 0. The van der Waals surface area contributed by atoms with E-state index in [9.17, 15) is 28.2 Å². The Bertz CT molecular complexity index is 1330. The van der Waals surface area contributed by atoms with Gasteiger partial charge in [0.15, 0.2) is 11.5 Å². The van der Waals surface area contributed by atoms with Crippen LogP contribution in [0.3, 0.4) is 0 Å². The van der Waals surface area contributed by atoms with Crippen molar-refractivity contribution in [1.29, 1.82) is 0 Å². The first-order valence-corrected chi connectivity index (χ1v) is 12.7. The Morgan fingerprint density at radius 3 is 2.82 bits per heavy atom. The zero-order valence-electron chi connectivity index (χ0n) is 21.0. The fourth-order valence-corrected chi connectivity index (χ4v) is 7.50. The highest BCUT2D eigenvalue weighted by molar-refractivity contribution is 5.92. The second-order valence-corrected chi connectivity index (χ2v) is 10.8. The maximum atomic E-state index is 13.4. The molecular formula is C28H29F3N2O5. The fourth-order valence-electron chi connectivity index (χ4n) is 7.50. The molecule has 0 radical (unpaired) electrons. The minimum Gasteiger partial charge on any atom is -0.504 e. The summed E-state index contributed by atoms with van der Waals surface area (Å²) < 4.78 is 48.1. The van der Waals surface area contributed by atoms with E-state index in [-0.39, 0.29) is 29.6 Å². The largest absolute Gasteiger partial charge is 0.573 e. The molecule has 2 unspecified atom stereocenters. The van der Waals surface area contributed by atoms with Gasteiger partial charge >= 0.3 is 6.36 Å². The molecule has 2 aliphatic heterocycles. The topological polar surface area (TPSA) is 82.5 Å². The number of rotatable bonds is 4. The van der Waals surface area contributed by atoms with Crippen molar-refractivity contribution in [2.45, 2.75) is 61.2 Å². The van der Waals surface area contributed by atoms with Gasteiger partial charge in [-0.2, -0.15) is 0 Å². The summed E-state index contributed by atoms with van der Waals surface area (Å²) in [5, 5.41) is 23.3. The number of carbonyl (C=O) groups is 1. The van der Waals surface area contributed by atoms with Crippen LogP contribution < -0.4 is 9.47 Å². The van der Waals surface area contributed by atoms with Crippen LogP contribution in [-0.2, 0) is 16.6 Å². The third kappa shape index (κ3) is 3.46. The predicted molar refractivity (Wildman–Crippen MR) is 132 cm³/mol. The van der Waals surface area contributed by atoms with Gasteiger partial charge in [0, 0.05) is 24.7 Å². The maximum Gasteiger partial charge on any atom is 0.573 e. The zero-order valence-corrected chi connectivity index (χ0v) is 21.0. The minimum absolute atomic E-state index is 0.0629. The molecule has 1 spiro atoms. The van der Waals surface area contributed by atoms with Crippen LogP contribution in [0.1, 0.15) is 36.0 Å². The summed E-state index contributed by atoms with van der Waals surface area (Å²) in [6.07, 6.45) is -0.0723. The number of aliphatic hydroxyl groups is 1. The van der Waals surface area contributed by atoms with Gasteiger partial charge in [-0.15, -0.1) is 13.2 Å². The van der Waals surface area contributed by atoms with Crippen molar-refractivity contribution in [3.63, 3.8) is 0 Å². The van der Waals surface area contributed by atoms with Crippen LogP contribution in [0, 0.1) is 0 Å². The van der Waals surface area contributed by atoms with E-state index in [1.54, 1.807) is 24.1 Å². The normalized spacial score (nSPS) is 31.6. The predicted octanol–water partition coefficient (Wildman–Crippen LogP) is 3.62. The van der Waals surface area contributed by atoms with E-state index in [0.29, 0.717) is 37.0 Å². The van der Waals surface area contributed by atoms with Crippen molar-refractivity contribution in [2.75, 3.05) is 20.6 Å². The highest BCUT2D eigenvalue weighted by Crippen LogP contribution is 2.65. The lowest BCUT2D eigenvalue weighted by atomic mass is 9.47. The Morgan fingerprint density at radius 1 is 1.26 bits per heavy atom. The van der Waals surface area contributed by atoms with E-state index in [1.165, 1.54) is 30.4 Å². The lowest BCUT2D eigenvalue weighted by molar-refractivity contribution is -0.274. The molecule has 1 amide bonds. The number of carbonyl (C=O) groups excluding carboxylic acids is 1. The summed E-state index contributed by atoms with van der Waals surface area (Å²) in [4.78, 5) is 17.1. The molecule has 2 heterocycles. The van der Waals surface area contributed by atoms with Gasteiger partial charge in [-0.05, 0) is 74.7 Å². The second kappa shape index (κ2) is 8.38. The fraction of sp³-hybridized carbons (Fsp3) is 0.464. The van der Waals surface area contributed by atoms with Gasteiger partial charge in [0.05, 0.1) is 11.5 Å². The number of hydrogen-bond donors (Lipinski definition) is 2. The quantitative estimate of drug-likeness (QED) is 0.588. The van der Waals surface area contributed by atoms with Crippen LogP contribution in [0.25, 0.3) is 6.08 Å². The van der Waals surface area contributed by atoms with E-state index in [0.717, 1.165) is 17.7 Å². The van der Waals surface area contributed by atoms with Crippen molar-refractivity contribution in [1.82, 2.24) is 9.80 Å². The summed E-state index contributed by atoms with van der Waals surface area (Å²) in [7, 11) is 3.63. The molecule has 1 saturated heterocycles. The number of ether oxygens (including phenoxy) is 2. The standard InChI is InChI=1S/C28H29F3N2O5/c1-32-13-12-26-22-10-9-20(27(26,36)21(32)15-17-7-8-19(34)25(37-22)24(17)26)33(2)23(35)11-6-16-4-3-5-18(14-16)38-28(29,30)31/h3-8,11,14,20-22,34,36H,9-10,12-13,15H2,1-2H3/b11-6+/t20?,21-,22?,26-,27-/m1/s1. The van der Waals surface area contributed by atoms with Crippen molar-refractivity contribution >= 4 is 12.0 Å². The SMILES string of the molecule is CN(C(=O)/C=C/c1cccc(OC(F)(F)F)c1)C1CCC2Oc3c(O)ccc4c3[C@@]23CCN(C)[C@H](C4)[C@]13O. The lowest BCUT2D eigenvalue weighted by Crippen LogP contribution is -2.81. The molecule has 2 aromatic rings. The number of aromatic hydroxyl groups is 1. The van der Waals surface area contributed by atoms with Crippen molar-refractivity contribution in [3.8, 4) is 17.2 Å². The number of nitrogens with zero attached hydrogens (tertiary/aromatic N) is 2. The van der Waals surface area contributed by atoms with E-state index in [2.05, 4.69) is 9.64 Å². The number of alkyl halides is 3. The van der Waals surface area contributed by atoms with Gasteiger partial charge in [-0.25, -0.2) is 0 Å². The molecule has 38 heavy (non-hydrogen) atoms. The van der Waals surface area contributed by atoms with Crippen LogP contribution >= 0.6 is 0 Å². The Hall–Kier alpha value is -3.24. The number of likely N-dealkylation sites (N-methyl/N-ethyl adjacent to an activating group) is 2. The van der Waals surface area contributed by atoms with E-state index in [1.807, 2.05) is 13.1 Å². The summed E-state index contributed by atoms with van der Waals surface area (Å²) in [6.45, 7) is 0.752. The number of halogens is 3. The molecular weight excluding hydrogens is 501 g/mol. The third-order valence-corrected chi connectivity index (χ3v) is 9.04. The first kappa shape index (κ1) is 25.1. The van der Waals surface area contributed by atoms with E-state index < -0.39 is 23.4 Å². The lowest BCUT2D eigenvalue weighted by Gasteiger charge is -2.66. The van der Waals surface area contributed by atoms with Gasteiger partial charge in [-0.1, -0.05) is 18.2 Å². The number of likely N-dealkylation sites (tertiary alicyclic amines) is 1. The van der Waals surface area contributed by atoms with Crippen LogP contribution in [-0.4, -0.2) is 76.7 Å². The average molecular weight is 531 g/mol. The highest BCUT2D eigenvalue weighted by atomic mass is 19.4. The summed E-state index contributed by atoms with van der Waals surface area (Å²) in [5.41, 5.74) is 0.222. The van der Waals surface area contributed by atoms with Crippen LogP contribution in [0.4, 0.5) is 13.2 Å². The second-order valence-electron chi connectivity index (χ2n) is 10.8. The average Bonchev–Trinajstić information content (AvgIpc) is 3.20.